The number of rotatable bonds is 3. The van der Waals surface area contributed by atoms with Gasteiger partial charge in [-0.2, -0.15) is 0 Å². The van der Waals surface area contributed by atoms with E-state index in [0.717, 1.165) is 23.3 Å². The van der Waals surface area contributed by atoms with Crippen molar-refractivity contribution in [1.29, 1.82) is 0 Å². The van der Waals surface area contributed by atoms with Gasteiger partial charge >= 0.3 is 5.97 Å². The van der Waals surface area contributed by atoms with Crippen molar-refractivity contribution in [2.45, 2.75) is 39.3 Å². The zero-order chi connectivity index (χ0) is 16.6. The Morgan fingerprint density at radius 3 is 2.83 bits per heavy atom. The zero-order valence-corrected chi connectivity index (χ0v) is 13.4. The second-order valence-electron chi connectivity index (χ2n) is 6.15. The van der Waals surface area contributed by atoms with Crippen molar-refractivity contribution in [3.05, 3.63) is 30.1 Å². The third kappa shape index (κ3) is 2.81. The van der Waals surface area contributed by atoms with Gasteiger partial charge in [0, 0.05) is 12.6 Å². The lowest BCUT2D eigenvalue weighted by Gasteiger charge is -2.37. The van der Waals surface area contributed by atoms with E-state index in [2.05, 4.69) is 4.98 Å². The first-order valence-corrected chi connectivity index (χ1v) is 7.93. The minimum atomic E-state index is -0.820. The summed E-state index contributed by atoms with van der Waals surface area (Å²) in [5, 5.41) is 9.30. The fraction of sp³-hybridized carbons (Fsp3) is 0.471. The molecule has 1 aromatic heterocycles. The number of piperidine rings is 1. The summed E-state index contributed by atoms with van der Waals surface area (Å²) in [7, 11) is 0. The number of carbonyl (C=O) groups is 2. The van der Waals surface area contributed by atoms with E-state index >= 15 is 0 Å². The highest BCUT2D eigenvalue weighted by atomic mass is 16.4. The van der Waals surface area contributed by atoms with Crippen molar-refractivity contribution in [1.82, 2.24) is 14.5 Å². The van der Waals surface area contributed by atoms with Crippen molar-refractivity contribution in [2.24, 2.45) is 5.92 Å². The molecule has 6 nitrogen and oxygen atoms in total. The number of aliphatic carboxylic acids is 1. The summed E-state index contributed by atoms with van der Waals surface area (Å²) >= 11 is 0. The van der Waals surface area contributed by atoms with Gasteiger partial charge in [-0.15, -0.1) is 0 Å². The maximum atomic E-state index is 12.7. The van der Waals surface area contributed by atoms with Crippen molar-refractivity contribution in [3.8, 4) is 0 Å². The van der Waals surface area contributed by atoms with Crippen LogP contribution in [0.5, 0.6) is 0 Å². The molecule has 2 atom stereocenters. The van der Waals surface area contributed by atoms with E-state index in [1.165, 1.54) is 0 Å². The number of para-hydroxylation sites is 2. The number of likely N-dealkylation sites (tertiary alicyclic amines) is 1. The third-order valence-electron chi connectivity index (χ3n) is 4.76. The molecule has 0 unspecified atom stereocenters. The van der Waals surface area contributed by atoms with Crippen LogP contribution in [0.1, 0.15) is 25.6 Å². The fourth-order valence-electron chi connectivity index (χ4n) is 3.45. The number of hydrogen-bond acceptors (Lipinski definition) is 3. The quantitative estimate of drug-likeness (QED) is 0.940. The second-order valence-corrected chi connectivity index (χ2v) is 6.15. The molecule has 1 aliphatic rings. The molecular formula is C17H21N3O3. The highest BCUT2D eigenvalue weighted by molar-refractivity contribution is 5.82. The lowest BCUT2D eigenvalue weighted by molar-refractivity contribution is -0.149. The number of amides is 1. The van der Waals surface area contributed by atoms with Gasteiger partial charge < -0.3 is 14.6 Å². The van der Waals surface area contributed by atoms with E-state index in [1.807, 2.05) is 42.7 Å². The van der Waals surface area contributed by atoms with Gasteiger partial charge in [0.1, 0.15) is 12.4 Å². The summed E-state index contributed by atoms with van der Waals surface area (Å²) in [6, 6.07) is 7.44. The maximum absolute atomic E-state index is 12.7. The molecule has 1 aromatic carbocycles. The first-order valence-electron chi connectivity index (χ1n) is 7.93. The van der Waals surface area contributed by atoms with Crippen molar-refractivity contribution >= 4 is 22.9 Å². The molecule has 0 radical (unpaired) electrons. The van der Waals surface area contributed by atoms with Crippen LogP contribution in [0.2, 0.25) is 0 Å². The Kier molecular flexibility index (Phi) is 4.07. The normalized spacial score (nSPS) is 21.6. The van der Waals surface area contributed by atoms with E-state index in [0.29, 0.717) is 13.0 Å². The van der Waals surface area contributed by atoms with Gasteiger partial charge in [0.15, 0.2) is 0 Å². The van der Waals surface area contributed by atoms with Crippen molar-refractivity contribution in [2.75, 3.05) is 6.54 Å². The van der Waals surface area contributed by atoms with E-state index in [4.69, 9.17) is 0 Å². The van der Waals surface area contributed by atoms with Crippen LogP contribution in [-0.2, 0) is 16.1 Å². The summed E-state index contributed by atoms with van der Waals surface area (Å²) in [5.41, 5.74) is 1.80. The number of carbonyl (C=O) groups excluding carboxylic acids is 1. The number of carboxylic acid groups (broad SMARTS) is 1. The highest BCUT2D eigenvalue weighted by Crippen LogP contribution is 2.24. The lowest BCUT2D eigenvalue weighted by atomic mass is 9.90. The van der Waals surface area contributed by atoms with Crippen LogP contribution in [0.4, 0.5) is 0 Å². The number of hydrogen-bond donors (Lipinski definition) is 1. The predicted molar refractivity (Wildman–Crippen MR) is 86.0 cm³/mol. The Bertz CT molecular complexity index is 753. The first kappa shape index (κ1) is 15.5. The summed E-state index contributed by atoms with van der Waals surface area (Å²) < 4.78 is 1.90. The van der Waals surface area contributed by atoms with E-state index < -0.39 is 11.9 Å². The number of aromatic nitrogens is 2. The SMILES string of the molecule is Cc1nc2ccccc2n1CC(=O)N1CCC[C@@H](C(=O)O)[C@H]1C. The smallest absolute Gasteiger partial charge is 0.308 e. The molecule has 0 spiro atoms. The zero-order valence-electron chi connectivity index (χ0n) is 13.4. The predicted octanol–water partition coefficient (Wildman–Crippen LogP) is 2.06. The Hall–Kier alpha value is -2.37. The maximum Gasteiger partial charge on any atom is 0.308 e. The number of benzene rings is 1. The van der Waals surface area contributed by atoms with Gasteiger partial charge in [0.2, 0.25) is 5.91 Å². The van der Waals surface area contributed by atoms with Gasteiger partial charge in [0.25, 0.3) is 0 Å². The van der Waals surface area contributed by atoms with Crippen LogP contribution in [0.25, 0.3) is 11.0 Å². The van der Waals surface area contributed by atoms with Crippen LogP contribution < -0.4 is 0 Å². The average molecular weight is 315 g/mol. The lowest BCUT2D eigenvalue weighted by Crippen LogP contribution is -2.50. The molecular weight excluding hydrogens is 294 g/mol. The van der Waals surface area contributed by atoms with Gasteiger partial charge in [-0.25, -0.2) is 4.98 Å². The molecule has 6 heteroatoms. The Morgan fingerprint density at radius 1 is 1.35 bits per heavy atom. The Balaban J connectivity index is 1.83. The summed E-state index contributed by atoms with van der Waals surface area (Å²) in [6.45, 7) is 4.53. The molecule has 2 aromatic rings. The van der Waals surface area contributed by atoms with Crippen LogP contribution >= 0.6 is 0 Å². The average Bonchev–Trinajstić information content (AvgIpc) is 2.83. The van der Waals surface area contributed by atoms with Crippen molar-refractivity contribution < 1.29 is 14.7 Å². The molecule has 0 bridgehead atoms. The monoisotopic (exact) mass is 315 g/mol. The van der Waals surface area contributed by atoms with Gasteiger partial charge in [-0.3, -0.25) is 9.59 Å². The van der Waals surface area contributed by atoms with Crippen LogP contribution in [0, 0.1) is 12.8 Å². The van der Waals surface area contributed by atoms with E-state index in [-0.39, 0.29) is 18.5 Å². The van der Waals surface area contributed by atoms with Gasteiger partial charge in [-0.1, -0.05) is 12.1 Å². The minimum Gasteiger partial charge on any atom is -0.481 e. The minimum absolute atomic E-state index is 0.0466. The molecule has 1 amide bonds. The van der Waals surface area contributed by atoms with Gasteiger partial charge in [0.05, 0.1) is 17.0 Å². The van der Waals surface area contributed by atoms with E-state index in [1.54, 1.807) is 4.90 Å². The van der Waals surface area contributed by atoms with Crippen LogP contribution in [0.3, 0.4) is 0 Å². The number of carboxylic acids is 1. The summed E-state index contributed by atoms with van der Waals surface area (Å²) in [5.74, 6) is -0.554. The molecule has 2 heterocycles. The summed E-state index contributed by atoms with van der Waals surface area (Å²) in [4.78, 5) is 30.2. The Morgan fingerprint density at radius 2 is 2.09 bits per heavy atom. The highest BCUT2D eigenvalue weighted by Gasteiger charge is 2.35. The molecule has 0 aliphatic carbocycles. The fourth-order valence-corrected chi connectivity index (χ4v) is 3.45. The molecule has 1 aliphatic heterocycles. The van der Waals surface area contributed by atoms with Crippen molar-refractivity contribution in [3.63, 3.8) is 0 Å². The molecule has 1 N–H and O–H groups in total. The van der Waals surface area contributed by atoms with Crippen LogP contribution in [-0.4, -0.2) is 44.0 Å². The number of imidazole rings is 1. The molecule has 3 rings (SSSR count). The first-order chi connectivity index (χ1) is 11.0. The number of aryl methyl sites for hydroxylation is 1. The number of fused-ring (bicyclic) bond motifs is 1. The second kappa shape index (κ2) is 6.02. The molecule has 1 fully saturated rings. The topological polar surface area (TPSA) is 75.4 Å². The van der Waals surface area contributed by atoms with Gasteiger partial charge in [-0.05, 0) is 38.8 Å². The third-order valence-corrected chi connectivity index (χ3v) is 4.76. The summed E-state index contributed by atoms with van der Waals surface area (Å²) in [6.07, 6.45) is 1.37. The molecule has 1 saturated heterocycles. The molecule has 0 saturated carbocycles. The van der Waals surface area contributed by atoms with E-state index in [9.17, 15) is 14.7 Å². The van der Waals surface area contributed by atoms with Crippen LogP contribution in [0.15, 0.2) is 24.3 Å². The Labute approximate surface area is 134 Å². The number of nitrogens with zero attached hydrogens (tertiary/aromatic N) is 3. The molecule has 23 heavy (non-hydrogen) atoms. The molecule has 122 valence electrons. The largest absolute Gasteiger partial charge is 0.481 e. The standard InChI is InChI=1S/C17H21N3O3/c1-11-13(17(22)23)6-5-9-19(11)16(21)10-20-12(2)18-14-7-3-4-8-15(14)20/h3-4,7-8,11,13H,5-6,9-10H2,1-2H3,(H,22,23)/t11-,13-/m1/s1.